The molecule has 0 bridgehead atoms. The summed E-state index contributed by atoms with van der Waals surface area (Å²) >= 11 is 1.67. The first kappa shape index (κ1) is 20.2. The second-order valence-corrected chi connectivity index (χ2v) is 10.8. The van der Waals surface area contributed by atoms with E-state index < -0.39 is 7.60 Å². The predicted octanol–water partition coefficient (Wildman–Crippen LogP) is 6.76. The van der Waals surface area contributed by atoms with Gasteiger partial charge in [0.05, 0.1) is 29.6 Å². The molecule has 0 aliphatic heterocycles. The average molecular weight is 403 g/mol. The third kappa shape index (κ3) is 5.49. The first-order valence-electron chi connectivity index (χ1n) is 9.11. The van der Waals surface area contributed by atoms with Crippen LogP contribution >= 0.6 is 18.9 Å². The molecule has 4 nitrogen and oxygen atoms in total. The van der Waals surface area contributed by atoms with Crippen LogP contribution in [0.2, 0.25) is 0 Å². The molecule has 3 aromatic rings. The zero-order valence-electron chi connectivity index (χ0n) is 16.3. The van der Waals surface area contributed by atoms with Crippen LogP contribution in [0.1, 0.15) is 33.3 Å². The Morgan fingerprint density at radius 3 is 2.37 bits per heavy atom. The van der Waals surface area contributed by atoms with E-state index in [0.717, 1.165) is 21.7 Å². The third-order valence-electron chi connectivity index (χ3n) is 3.89. The molecule has 1 atom stereocenters. The number of hydrogen-bond donors (Lipinski definition) is 0. The standard InChI is InChI=1S/C21H26NO3PS/c1-5-24-26(23,25-15-21(2,3)4)14-16-10-12-17(13-11-16)20-22-18-8-6-7-9-19(18)27-20/h6-13H,5,14-15H2,1-4H3. The van der Waals surface area contributed by atoms with E-state index in [1.807, 2.05) is 49.4 Å². The van der Waals surface area contributed by atoms with Gasteiger partial charge in [-0.05, 0) is 30.0 Å². The Labute approximate surface area is 165 Å². The molecule has 0 spiro atoms. The summed E-state index contributed by atoms with van der Waals surface area (Å²) in [5.41, 5.74) is 2.94. The van der Waals surface area contributed by atoms with E-state index in [9.17, 15) is 4.57 Å². The summed E-state index contributed by atoms with van der Waals surface area (Å²) in [7, 11) is -3.16. The molecule has 0 amide bonds. The minimum Gasteiger partial charge on any atom is -0.309 e. The molecule has 0 saturated heterocycles. The second kappa shape index (κ2) is 8.24. The van der Waals surface area contributed by atoms with Crippen molar-refractivity contribution in [2.45, 2.75) is 33.9 Å². The van der Waals surface area contributed by atoms with Crippen LogP contribution in [0, 0.1) is 5.41 Å². The van der Waals surface area contributed by atoms with Gasteiger partial charge in [0.1, 0.15) is 5.01 Å². The lowest BCUT2D eigenvalue weighted by molar-refractivity contribution is 0.153. The normalized spacial score (nSPS) is 14.4. The molecular formula is C21H26NO3PS. The molecule has 1 unspecified atom stereocenters. The number of para-hydroxylation sites is 1. The van der Waals surface area contributed by atoms with Gasteiger partial charge in [-0.25, -0.2) is 4.98 Å². The lowest BCUT2D eigenvalue weighted by Crippen LogP contribution is -2.14. The SMILES string of the molecule is CCOP(=O)(Cc1ccc(-c2nc3ccccc3s2)cc1)OCC(C)(C)C. The van der Waals surface area contributed by atoms with E-state index in [1.165, 1.54) is 4.70 Å². The average Bonchev–Trinajstić information content (AvgIpc) is 3.04. The van der Waals surface area contributed by atoms with Crippen LogP contribution in [-0.4, -0.2) is 18.2 Å². The van der Waals surface area contributed by atoms with Crippen molar-refractivity contribution in [3.8, 4) is 10.6 Å². The van der Waals surface area contributed by atoms with Gasteiger partial charge in [0, 0.05) is 5.56 Å². The number of hydrogen-bond acceptors (Lipinski definition) is 5. The van der Waals surface area contributed by atoms with Gasteiger partial charge in [-0.1, -0.05) is 57.2 Å². The minimum atomic E-state index is -3.16. The van der Waals surface area contributed by atoms with Crippen LogP contribution in [0.15, 0.2) is 48.5 Å². The molecule has 0 saturated carbocycles. The summed E-state index contributed by atoms with van der Waals surface area (Å²) in [5, 5.41) is 0.986. The van der Waals surface area contributed by atoms with Gasteiger partial charge in [0.2, 0.25) is 0 Å². The molecule has 3 rings (SSSR count). The Bertz CT molecular complexity index is 911. The van der Waals surface area contributed by atoms with Crippen molar-refractivity contribution in [3.63, 3.8) is 0 Å². The fourth-order valence-electron chi connectivity index (χ4n) is 2.59. The maximum absolute atomic E-state index is 13.0. The van der Waals surface area contributed by atoms with Crippen molar-refractivity contribution >= 4 is 29.1 Å². The van der Waals surface area contributed by atoms with Crippen LogP contribution in [0.25, 0.3) is 20.8 Å². The first-order chi connectivity index (χ1) is 12.8. The number of aromatic nitrogens is 1. The largest absolute Gasteiger partial charge is 0.335 e. The Morgan fingerprint density at radius 1 is 1.04 bits per heavy atom. The Balaban J connectivity index is 1.76. The summed E-state index contributed by atoms with van der Waals surface area (Å²) in [4.78, 5) is 4.69. The van der Waals surface area contributed by atoms with Crippen LogP contribution in [-0.2, 0) is 19.8 Å². The molecule has 0 aliphatic rings. The van der Waals surface area contributed by atoms with E-state index in [-0.39, 0.29) is 11.6 Å². The third-order valence-corrected chi connectivity index (χ3v) is 6.90. The van der Waals surface area contributed by atoms with Crippen molar-refractivity contribution in [1.82, 2.24) is 4.98 Å². The maximum Gasteiger partial charge on any atom is 0.335 e. The summed E-state index contributed by atoms with van der Waals surface area (Å²) in [6, 6.07) is 16.1. The highest BCUT2D eigenvalue weighted by Crippen LogP contribution is 2.52. The molecule has 0 N–H and O–H groups in total. The molecule has 0 aliphatic carbocycles. The van der Waals surface area contributed by atoms with Crippen molar-refractivity contribution < 1.29 is 13.6 Å². The van der Waals surface area contributed by atoms with Crippen molar-refractivity contribution in [1.29, 1.82) is 0 Å². The van der Waals surface area contributed by atoms with E-state index in [0.29, 0.717) is 13.2 Å². The van der Waals surface area contributed by atoms with Gasteiger partial charge in [0.25, 0.3) is 0 Å². The van der Waals surface area contributed by atoms with Crippen LogP contribution in [0.4, 0.5) is 0 Å². The van der Waals surface area contributed by atoms with E-state index in [2.05, 4.69) is 31.8 Å². The van der Waals surface area contributed by atoms with Gasteiger partial charge < -0.3 is 9.05 Å². The summed E-state index contributed by atoms with van der Waals surface area (Å²) in [6.45, 7) is 8.75. The zero-order chi connectivity index (χ0) is 19.5. The van der Waals surface area contributed by atoms with Gasteiger partial charge in [0.15, 0.2) is 0 Å². The van der Waals surface area contributed by atoms with Crippen molar-refractivity contribution in [3.05, 3.63) is 54.1 Å². The number of thiazole rings is 1. The Hall–Kier alpha value is -1.52. The summed E-state index contributed by atoms with van der Waals surface area (Å²) in [5.74, 6) is 0. The highest BCUT2D eigenvalue weighted by Gasteiger charge is 2.27. The monoisotopic (exact) mass is 403 g/mol. The number of rotatable bonds is 7. The second-order valence-electron chi connectivity index (χ2n) is 7.70. The van der Waals surface area contributed by atoms with Crippen LogP contribution in [0.5, 0.6) is 0 Å². The molecule has 2 aromatic carbocycles. The van der Waals surface area contributed by atoms with Gasteiger partial charge in [-0.3, -0.25) is 4.57 Å². The van der Waals surface area contributed by atoms with Crippen molar-refractivity contribution in [2.24, 2.45) is 5.41 Å². The minimum absolute atomic E-state index is 0.0660. The molecule has 6 heteroatoms. The fraction of sp³-hybridized carbons (Fsp3) is 0.381. The molecular weight excluding hydrogens is 377 g/mol. The molecule has 0 fully saturated rings. The molecule has 1 heterocycles. The van der Waals surface area contributed by atoms with Gasteiger partial charge in [-0.15, -0.1) is 11.3 Å². The van der Waals surface area contributed by atoms with E-state index in [4.69, 9.17) is 9.05 Å². The van der Waals surface area contributed by atoms with Gasteiger partial charge in [-0.2, -0.15) is 0 Å². The first-order valence-corrected chi connectivity index (χ1v) is 11.7. The maximum atomic E-state index is 13.0. The van der Waals surface area contributed by atoms with E-state index >= 15 is 0 Å². The lowest BCUT2D eigenvalue weighted by Gasteiger charge is -2.23. The zero-order valence-corrected chi connectivity index (χ0v) is 18.0. The molecule has 1 aromatic heterocycles. The van der Waals surface area contributed by atoms with Crippen LogP contribution in [0.3, 0.4) is 0 Å². The Morgan fingerprint density at radius 2 is 1.74 bits per heavy atom. The quantitative estimate of drug-likeness (QED) is 0.409. The van der Waals surface area contributed by atoms with Crippen molar-refractivity contribution in [2.75, 3.05) is 13.2 Å². The highest BCUT2D eigenvalue weighted by atomic mass is 32.1. The molecule has 27 heavy (non-hydrogen) atoms. The predicted molar refractivity (Wildman–Crippen MR) is 113 cm³/mol. The number of nitrogens with zero attached hydrogens (tertiary/aromatic N) is 1. The van der Waals surface area contributed by atoms with Crippen LogP contribution < -0.4 is 0 Å². The number of benzene rings is 2. The van der Waals surface area contributed by atoms with Gasteiger partial charge >= 0.3 is 7.60 Å². The Kier molecular flexibility index (Phi) is 6.17. The molecule has 0 radical (unpaired) electrons. The topological polar surface area (TPSA) is 48.4 Å². The smallest absolute Gasteiger partial charge is 0.309 e. The lowest BCUT2D eigenvalue weighted by atomic mass is 9.99. The highest BCUT2D eigenvalue weighted by molar-refractivity contribution is 7.53. The summed E-state index contributed by atoms with van der Waals surface area (Å²) < 4.78 is 25.4. The fourth-order valence-corrected chi connectivity index (χ4v) is 5.45. The molecule has 144 valence electrons. The van der Waals surface area contributed by atoms with E-state index in [1.54, 1.807) is 11.3 Å². The number of fused-ring (bicyclic) bond motifs is 1. The summed E-state index contributed by atoms with van der Waals surface area (Å²) in [6.07, 6.45) is 0.275.